The summed E-state index contributed by atoms with van der Waals surface area (Å²) in [5, 5.41) is 4.06. The fraction of sp³-hybridized carbons (Fsp3) is 0.423. The average Bonchev–Trinajstić information content (AvgIpc) is 3.56. The Balaban J connectivity index is 1.34. The molecule has 0 bridgehead atoms. The number of hydrogen-bond acceptors (Lipinski definition) is 7. The van der Waals surface area contributed by atoms with Crippen LogP contribution in [0, 0.1) is 0 Å². The van der Waals surface area contributed by atoms with Gasteiger partial charge < -0.3 is 23.6 Å². The van der Waals surface area contributed by atoms with E-state index in [0.29, 0.717) is 44.1 Å². The van der Waals surface area contributed by atoms with E-state index in [1.165, 1.54) is 0 Å². The molecule has 34 heavy (non-hydrogen) atoms. The summed E-state index contributed by atoms with van der Waals surface area (Å²) >= 11 is 0. The summed E-state index contributed by atoms with van der Waals surface area (Å²) in [6.07, 6.45) is 3.69. The van der Waals surface area contributed by atoms with E-state index in [-0.39, 0.29) is 12.0 Å². The molecule has 1 fully saturated rings. The summed E-state index contributed by atoms with van der Waals surface area (Å²) in [4.78, 5) is 19.5. The zero-order chi connectivity index (χ0) is 23.8. The Morgan fingerprint density at radius 2 is 1.94 bits per heavy atom. The summed E-state index contributed by atoms with van der Waals surface area (Å²) in [6, 6.07) is 15.3. The Hall–Kier alpha value is -3.39. The normalized spacial score (nSPS) is 15.3. The monoisotopic (exact) mass is 465 g/mol. The van der Waals surface area contributed by atoms with Crippen LogP contribution in [0.15, 0.2) is 53.1 Å². The fourth-order valence-corrected chi connectivity index (χ4v) is 4.04. The smallest absolute Gasteiger partial charge is 0.226 e. The molecule has 1 saturated heterocycles. The lowest BCUT2D eigenvalue weighted by molar-refractivity contribution is -0.133. The van der Waals surface area contributed by atoms with Gasteiger partial charge in [0.2, 0.25) is 17.6 Å². The van der Waals surface area contributed by atoms with Crippen LogP contribution in [-0.2, 0) is 22.5 Å². The van der Waals surface area contributed by atoms with Gasteiger partial charge in [0, 0.05) is 38.1 Å². The number of rotatable bonds is 11. The van der Waals surface area contributed by atoms with E-state index in [1.807, 2.05) is 53.4 Å². The third-order valence-corrected chi connectivity index (χ3v) is 5.91. The molecule has 8 nitrogen and oxygen atoms in total. The molecule has 1 amide bonds. The standard InChI is InChI=1S/C26H31N3O5/c1-31-21-13-11-20(12-14-21)26-27-24(34-28-26)9-4-10-25(30)29(18-23-8-5-15-33-23)17-19-6-3-7-22(16-19)32-2/h3,6-7,11-14,16,23H,4-5,8-10,15,17-18H2,1-2H3. The number of carbonyl (C=O) groups excluding carboxylic acids is 1. The Kier molecular flexibility index (Phi) is 8.14. The molecule has 0 radical (unpaired) electrons. The number of nitrogens with zero attached hydrogens (tertiary/aromatic N) is 3. The van der Waals surface area contributed by atoms with Crippen LogP contribution in [-0.4, -0.2) is 54.4 Å². The number of aryl methyl sites for hydroxylation is 1. The first-order chi connectivity index (χ1) is 16.6. The average molecular weight is 466 g/mol. The number of methoxy groups -OCH3 is 2. The second kappa shape index (κ2) is 11.7. The van der Waals surface area contributed by atoms with E-state index >= 15 is 0 Å². The van der Waals surface area contributed by atoms with E-state index < -0.39 is 0 Å². The van der Waals surface area contributed by atoms with Gasteiger partial charge in [-0.25, -0.2) is 0 Å². The third-order valence-electron chi connectivity index (χ3n) is 5.91. The van der Waals surface area contributed by atoms with Gasteiger partial charge in [0.1, 0.15) is 11.5 Å². The van der Waals surface area contributed by atoms with E-state index in [0.717, 1.165) is 42.1 Å². The number of ether oxygens (including phenoxy) is 3. The zero-order valence-corrected chi connectivity index (χ0v) is 19.7. The van der Waals surface area contributed by atoms with Crippen molar-refractivity contribution in [3.63, 3.8) is 0 Å². The molecule has 0 spiro atoms. The highest BCUT2D eigenvalue weighted by atomic mass is 16.5. The molecule has 0 aliphatic carbocycles. The van der Waals surface area contributed by atoms with Crippen LogP contribution in [0.25, 0.3) is 11.4 Å². The van der Waals surface area contributed by atoms with Crippen LogP contribution in [0.2, 0.25) is 0 Å². The van der Waals surface area contributed by atoms with Crippen molar-refractivity contribution >= 4 is 5.91 Å². The first-order valence-electron chi connectivity index (χ1n) is 11.6. The summed E-state index contributed by atoms with van der Waals surface area (Å²) in [7, 11) is 3.27. The molecule has 180 valence electrons. The van der Waals surface area contributed by atoms with Gasteiger partial charge in [-0.1, -0.05) is 17.3 Å². The third kappa shape index (κ3) is 6.35. The Labute approximate surface area is 199 Å². The maximum atomic E-state index is 13.1. The molecule has 0 saturated carbocycles. The summed E-state index contributed by atoms with van der Waals surface area (Å²) in [5.74, 6) is 2.70. The number of carbonyl (C=O) groups is 1. The van der Waals surface area contributed by atoms with Crippen LogP contribution in [0.4, 0.5) is 0 Å². The molecule has 4 rings (SSSR count). The molecule has 1 aromatic heterocycles. The van der Waals surface area contributed by atoms with Gasteiger partial charge in [-0.15, -0.1) is 0 Å². The number of aromatic nitrogens is 2. The van der Waals surface area contributed by atoms with Gasteiger partial charge in [0.05, 0.1) is 20.3 Å². The minimum Gasteiger partial charge on any atom is -0.497 e. The molecular weight excluding hydrogens is 434 g/mol. The molecule has 1 atom stereocenters. The second-order valence-electron chi connectivity index (χ2n) is 8.35. The zero-order valence-electron chi connectivity index (χ0n) is 19.7. The van der Waals surface area contributed by atoms with Crippen molar-refractivity contribution < 1.29 is 23.5 Å². The lowest BCUT2D eigenvalue weighted by Gasteiger charge is -2.26. The molecule has 3 aromatic rings. The highest BCUT2D eigenvalue weighted by Crippen LogP contribution is 2.21. The van der Waals surface area contributed by atoms with Gasteiger partial charge in [-0.3, -0.25) is 4.79 Å². The van der Waals surface area contributed by atoms with Crippen LogP contribution >= 0.6 is 0 Å². The second-order valence-corrected chi connectivity index (χ2v) is 8.35. The lowest BCUT2D eigenvalue weighted by atomic mass is 10.1. The van der Waals surface area contributed by atoms with Crippen LogP contribution in [0.5, 0.6) is 11.5 Å². The predicted molar refractivity (Wildman–Crippen MR) is 127 cm³/mol. The summed E-state index contributed by atoms with van der Waals surface area (Å²) in [6.45, 7) is 1.88. The summed E-state index contributed by atoms with van der Waals surface area (Å²) in [5.41, 5.74) is 1.89. The molecule has 1 aliphatic heterocycles. The molecule has 2 heterocycles. The molecular formula is C26H31N3O5. The van der Waals surface area contributed by atoms with Crippen molar-refractivity contribution in [3.8, 4) is 22.9 Å². The van der Waals surface area contributed by atoms with Gasteiger partial charge >= 0.3 is 0 Å². The van der Waals surface area contributed by atoms with Crippen molar-refractivity contribution in [2.45, 2.75) is 44.8 Å². The Morgan fingerprint density at radius 3 is 2.68 bits per heavy atom. The molecule has 1 unspecified atom stereocenters. The van der Waals surface area contributed by atoms with Gasteiger partial charge in [-0.2, -0.15) is 4.98 Å². The van der Waals surface area contributed by atoms with E-state index in [2.05, 4.69) is 10.1 Å². The largest absolute Gasteiger partial charge is 0.497 e. The number of amides is 1. The SMILES string of the molecule is COc1ccc(-c2noc(CCCC(=O)N(Cc3cccc(OC)c3)CC3CCCO3)n2)cc1. The van der Waals surface area contributed by atoms with Gasteiger partial charge in [0.25, 0.3) is 0 Å². The van der Waals surface area contributed by atoms with E-state index in [9.17, 15) is 4.79 Å². The highest BCUT2D eigenvalue weighted by Gasteiger charge is 2.23. The molecule has 1 aliphatic rings. The maximum Gasteiger partial charge on any atom is 0.226 e. The van der Waals surface area contributed by atoms with E-state index in [1.54, 1.807) is 14.2 Å². The minimum absolute atomic E-state index is 0.0909. The Morgan fingerprint density at radius 1 is 1.12 bits per heavy atom. The quantitative estimate of drug-likeness (QED) is 0.418. The minimum atomic E-state index is 0.0909. The molecule has 2 aromatic carbocycles. The van der Waals surface area contributed by atoms with Gasteiger partial charge in [0.15, 0.2) is 0 Å². The van der Waals surface area contributed by atoms with Crippen LogP contribution in [0.1, 0.15) is 37.1 Å². The van der Waals surface area contributed by atoms with Crippen LogP contribution < -0.4 is 9.47 Å². The molecule has 0 N–H and O–H groups in total. The highest BCUT2D eigenvalue weighted by molar-refractivity contribution is 5.76. The Bertz CT molecular complexity index is 1060. The first kappa shape index (κ1) is 23.8. The van der Waals surface area contributed by atoms with E-state index in [4.69, 9.17) is 18.7 Å². The number of hydrogen-bond donors (Lipinski definition) is 0. The number of benzene rings is 2. The van der Waals surface area contributed by atoms with Crippen LogP contribution in [0.3, 0.4) is 0 Å². The topological polar surface area (TPSA) is 86.9 Å². The first-order valence-corrected chi connectivity index (χ1v) is 11.6. The van der Waals surface area contributed by atoms with Crippen molar-refractivity contribution in [1.29, 1.82) is 0 Å². The molecule has 8 heteroatoms. The van der Waals surface area contributed by atoms with Crippen molar-refractivity contribution in [3.05, 3.63) is 60.0 Å². The van der Waals surface area contributed by atoms with Gasteiger partial charge in [-0.05, 0) is 61.2 Å². The summed E-state index contributed by atoms with van der Waals surface area (Å²) < 4.78 is 21.7. The predicted octanol–water partition coefficient (Wildman–Crippen LogP) is 4.28. The lowest BCUT2D eigenvalue weighted by Crippen LogP contribution is -2.36. The van der Waals surface area contributed by atoms with Crippen molar-refractivity contribution in [2.24, 2.45) is 0 Å². The van der Waals surface area contributed by atoms with Crippen molar-refractivity contribution in [1.82, 2.24) is 15.0 Å². The van der Waals surface area contributed by atoms with Crippen molar-refractivity contribution in [2.75, 3.05) is 27.4 Å². The fourth-order valence-electron chi connectivity index (χ4n) is 4.04. The maximum absolute atomic E-state index is 13.1.